The number of hydrogen-bond acceptors (Lipinski definition) is 2. The lowest BCUT2D eigenvalue weighted by atomic mass is 9.77. The van der Waals surface area contributed by atoms with Crippen molar-refractivity contribution in [2.24, 2.45) is 5.73 Å². The van der Waals surface area contributed by atoms with Crippen molar-refractivity contribution in [1.29, 1.82) is 0 Å². The maximum atomic E-state index is 12.8. The quantitative estimate of drug-likeness (QED) is 0.776. The van der Waals surface area contributed by atoms with Gasteiger partial charge in [-0.2, -0.15) is 0 Å². The van der Waals surface area contributed by atoms with E-state index >= 15 is 0 Å². The molecule has 0 radical (unpaired) electrons. The van der Waals surface area contributed by atoms with Crippen molar-refractivity contribution in [2.75, 3.05) is 0 Å². The fourth-order valence-electron chi connectivity index (χ4n) is 4.39. The van der Waals surface area contributed by atoms with Crippen molar-refractivity contribution in [1.82, 2.24) is 10.2 Å². The van der Waals surface area contributed by atoms with Gasteiger partial charge in [0.05, 0.1) is 0 Å². The monoisotopic (exact) mass is 281 g/mol. The standard InChI is InChI=1S/C16H31N3O/c1-15(2)10-12(17)11-16(3,4)19(15)14(20)18-13-8-6-5-7-9-13/h12-13H,5-11,17H2,1-4H3,(H,18,20). The van der Waals surface area contributed by atoms with Crippen LogP contribution in [-0.2, 0) is 0 Å². The first-order chi connectivity index (χ1) is 9.22. The number of likely N-dealkylation sites (tertiary alicyclic amines) is 1. The van der Waals surface area contributed by atoms with Crippen molar-refractivity contribution in [3.8, 4) is 0 Å². The Bertz CT molecular complexity index is 341. The zero-order valence-corrected chi connectivity index (χ0v) is 13.5. The van der Waals surface area contributed by atoms with Gasteiger partial charge in [-0.3, -0.25) is 0 Å². The van der Waals surface area contributed by atoms with Crippen LogP contribution in [0.25, 0.3) is 0 Å². The summed E-state index contributed by atoms with van der Waals surface area (Å²) in [7, 11) is 0. The van der Waals surface area contributed by atoms with Gasteiger partial charge in [-0.15, -0.1) is 0 Å². The molecule has 1 saturated carbocycles. The minimum absolute atomic E-state index is 0.0961. The van der Waals surface area contributed by atoms with Crippen LogP contribution in [0.3, 0.4) is 0 Å². The lowest BCUT2D eigenvalue weighted by molar-refractivity contribution is 0.00166. The van der Waals surface area contributed by atoms with Crippen LogP contribution < -0.4 is 11.1 Å². The van der Waals surface area contributed by atoms with E-state index in [1.807, 2.05) is 4.90 Å². The Morgan fingerprint density at radius 2 is 1.55 bits per heavy atom. The van der Waals surface area contributed by atoms with Gasteiger partial charge in [-0.1, -0.05) is 19.3 Å². The molecule has 2 fully saturated rings. The summed E-state index contributed by atoms with van der Waals surface area (Å²) in [4.78, 5) is 14.8. The number of carbonyl (C=O) groups is 1. The molecule has 20 heavy (non-hydrogen) atoms. The highest BCUT2D eigenvalue weighted by Gasteiger charge is 2.47. The normalized spacial score (nSPS) is 27.4. The third-order valence-electron chi connectivity index (χ3n) is 4.87. The van der Waals surface area contributed by atoms with Crippen LogP contribution in [0.15, 0.2) is 0 Å². The van der Waals surface area contributed by atoms with Crippen LogP contribution in [-0.4, -0.2) is 34.1 Å². The Kier molecular flexibility index (Phi) is 4.33. The number of amides is 2. The minimum atomic E-state index is -0.181. The topological polar surface area (TPSA) is 58.4 Å². The van der Waals surface area contributed by atoms with Gasteiger partial charge in [0.1, 0.15) is 0 Å². The SMILES string of the molecule is CC1(C)CC(N)CC(C)(C)N1C(=O)NC1CCCCC1. The Hall–Kier alpha value is -0.770. The predicted octanol–water partition coefficient (Wildman–Crippen LogP) is 3.01. The Morgan fingerprint density at radius 3 is 2.05 bits per heavy atom. The van der Waals surface area contributed by atoms with Gasteiger partial charge in [0, 0.05) is 23.2 Å². The van der Waals surface area contributed by atoms with Gasteiger partial charge in [0.25, 0.3) is 0 Å². The summed E-state index contributed by atoms with van der Waals surface area (Å²) in [5.41, 5.74) is 5.81. The number of nitrogens with two attached hydrogens (primary N) is 1. The van der Waals surface area contributed by atoms with Gasteiger partial charge in [0.15, 0.2) is 0 Å². The van der Waals surface area contributed by atoms with Crippen LogP contribution >= 0.6 is 0 Å². The molecule has 0 spiro atoms. The van der Waals surface area contributed by atoms with E-state index in [1.54, 1.807) is 0 Å². The lowest BCUT2D eigenvalue weighted by Gasteiger charge is -2.54. The molecule has 2 amide bonds. The highest BCUT2D eigenvalue weighted by molar-refractivity contribution is 5.76. The van der Waals surface area contributed by atoms with Gasteiger partial charge in [-0.25, -0.2) is 4.79 Å². The largest absolute Gasteiger partial charge is 0.335 e. The molecule has 1 aliphatic carbocycles. The molecule has 3 N–H and O–H groups in total. The van der Waals surface area contributed by atoms with Crippen molar-refractivity contribution < 1.29 is 4.79 Å². The van der Waals surface area contributed by atoms with E-state index in [0.29, 0.717) is 6.04 Å². The first-order valence-corrected chi connectivity index (χ1v) is 8.09. The molecule has 2 rings (SSSR count). The van der Waals surface area contributed by atoms with E-state index in [-0.39, 0.29) is 23.2 Å². The molecule has 4 heteroatoms. The Labute approximate surface area is 123 Å². The van der Waals surface area contributed by atoms with Crippen LogP contribution in [0.1, 0.15) is 72.6 Å². The molecule has 0 bridgehead atoms. The molecule has 1 aliphatic heterocycles. The lowest BCUT2D eigenvalue weighted by Crippen LogP contribution is -2.67. The fourth-order valence-corrected chi connectivity index (χ4v) is 4.39. The van der Waals surface area contributed by atoms with Crippen molar-refractivity contribution in [2.45, 2.75) is 95.8 Å². The molecule has 0 aromatic heterocycles. The molecule has 4 nitrogen and oxygen atoms in total. The second-order valence-corrected chi connectivity index (χ2v) is 7.91. The van der Waals surface area contributed by atoms with Gasteiger partial charge >= 0.3 is 6.03 Å². The number of rotatable bonds is 1. The van der Waals surface area contributed by atoms with Crippen LogP contribution in [0.5, 0.6) is 0 Å². The summed E-state index contributed by atoms with van der Waals surface area (Å²) < 4.78 is 0. The van der Waals surface area contributed by atoms with E-state index in [2.05, 4.69) is 33.0 Å². The highest BCUT2D eigenvalue weighted by atomic mass is 16.2. The van der Waals surface area contributed by atoms with Crippen LogP contribution in [0, 0.1) is 0 Å². The molecule has 1 heterocycles. The fraction of sp³-hybridized carbons (Fsp3) is 0.938. The zero-order chi connectivity index (χ0) is 15.0. The van der Waals surface area contributed by atoms with Crippen molar-refractivity contribution in [3.63, 3.8) is 0 Å². The molecular formula is C16H31N3O. The van der Waals surface area contributed by atoms with Crippen molar-refractivity contribution >= 4 is 6.03 Å². The van der Waals surface area contributed by atoms with Crippen molar-refractivity contribution in [3.05, 3.63) is 0 Å². The van der Waals surface area contributed by atoms with Crippen LogP contribution in [0.2, 0.25) is 0 Å². The number of carbonyl (C=O) groups excluding carboxylic acids is 1. The highest BCUT2D eigenvalue weighted by Crippen LogP contribution is 2.37. The number of urea groups is 1. The third-order valence-corrected chi connectivity index (χ3v) is 4.87. The maximum absolute atomic E-state index is 12.8. The summed E-state index contributed by atoms with van der Waals surface area (Å²) in [5, 5.41) is 3.26. The molecule has 0 atom stereocenters. The number of piperidine rings is 1. The smallest absolute Gasteiger partial charge is 0.318 e. The minimum Gasteiger partial charge on any atom is -0.335 e. The van der Waals surface area contributed by atoms with E-state index in [9.17, 15) is 4.79 Å². The summed E-state index contributed by atoms with van der Waals surface area (Å²) in [6.45, 7) is 8.53. The van der Waals surface area contributed by atoms with Crippen LogP contribution in [0.4, 0.5) is 4.79 Å². The number of nitrogens with zero attached hydrogens (tertiary/aromatic N) is 1. The molecule has 0 unspecified atom stereocenters. The maximum Gasteiger partial charge on any atom is 0.318 e. The summed E-state index contributed by atoms with van der Waals surface area (Å²) in [5.74, 6) is 0. The average molecular weight is 281 g/mol. The molecular weight excluding hydrogens is 250 g/mol. The van der Waals surface area contributed by atoms with E-state index in [1.165, 1.54) is 19.3 Å². The zero-order valence-electron chi connectivity index (χ0n) is 13.5. The Balaban J connectivity index is 2.09. The average Bonchev–Trinajstić information content (AvgIpc) is 2.25. The number of hydrogen-bond donors (Lipinski definition) is 2. The second kappa shape index (κ2) is 5.55. The summed E-state index contributed by atoms with van der Waals surface area (Å²) in [6, 6.07) is 0.635. The molecule has 1 saturated heterocycles. The van der Waals surface area contributed by atoms with E-state index in [0.717, 1.165) is 25.7 Å². The van der Waals surface area contributed by atoms with E-state index < -0.39 is 0 Å². The Morgan fingerprint density at radius 1 is 1.05 bits per heavy atom. The van der Waals surface area contributed by atoms with E-state index in [4.69, 9.17) is 5.73 Å². The molecule has 0 aromatic rings. The molecule has 2 aliphatic rings. The third kappa shape index (κ3) is 3.27. The van der Waals surface area contributed by atoms with Gasteiger partial charge in [0.2, 0.25) is 0 Å². The number of nitrogens with one attached hydrogen (secondary N) is 1. The van der Waals surface area contributed by atoms with Gasteiger partial charge < -0.3 is 16.0 Å². The molecule has 0 aromatic carbocycles. The first kappa shape index (κ1) is 15.6. The predicted molar refractivity (Wildman–Crippen MR) is 82.6 cm³/mol. The summed E-state index contributed by atoms with van der Waals surface area (Å²) in [6.07, 6.45) is 7.77. The first-order valence-electron chi connectivity index (χ1n) is 8.09. The van der Waals surface area contributed by atoms with Gasteiger partial charge in [-0.05, 0) is 53.4 Å². The second-order valence-electron chi connectivity index (χ2n) is 7.91. The summed E-state index contributed by atoms with van der Waals surface area (Å²) >= 11 is 0. The molecule has 116 valence electrons.